The molecule has 0 radical (unpaired) electrons. The zero-order valence-electron chi connectivity index (χ0n) is 13.1. The lowest BCUT2D eigenvalue weighted by molar-refractivity contribution is -0.147. The Bertz CT molecular complexity index is 562. The summed E-state index contributed by atoms with van der Waals surface area (Å²) in [5.41, 5.74) is 0.564. The number of rotatable bonds is 6. The van der Waals surface area contributed by atoms with Crippen molar-refractivity contribution in [1.82, 2.24) is 0 Å². The third-order valence-electron chi connectivity index (χ3n) is 3.97. The van der Waals surface area contributed by atoms with Crippen molar-refractivity contribution in [3.63, 3.8) is 0 Å². The lowest BCUT2D eigenvalue weighted by Crippen LogP contribution is -2.24. The van der Waals surface area contributed by atoms with E-state index in [1.165, 1.54) is 6.92 Å². The van der Waals surface area contributed by atoms with Gasteiger partial charge in [0.05, 0.1) is 6.61 Å². The first-order valence-electron chi connectivity index (χ1n) is 7.60. The number of esters is 1. The Morgan fingerprint density at radius 1 is 1.23 bits per heavy atom. The van der Waals surface area contributed by atoms with Crippen LogP contribution >= 0.6 is 0 Å². The third kappa shape index (κ3) is 4.72. The Morgan fingerprint density at radius 3 is 2.73 bits per heavy atom. The van der Waals surface area contributed by atoms with E-state index < -0.39 is 0 Å². The Hall–Kier alpha value is -2.10. The fourth-order valence-electron chi connectivity index (χ4n) is 2.43. The summed E-state index contributed by atoms with van der Waals surface area (Å²) in [7, 11) is 0. The fourth-order valence-corrected chi connectivity index (χ4v) is 2.43. The molecule has 0 aliphatic heterocycles. The monoisotopic (exact) mass is 302 g/mol. The van der Waals surface area contributed by atoms with Gasteiger partial charge in [-0.15, -0.1) is 0 Å². The first-order chi connectivity index (χ1) is 10.6. The molecule has 22 heavy (non-hydrogen) atoms. The van der Waals surface area contributed by atoms with E-state index in [1.807, 2.05) is 0 Å². The highest BCUT2D eigenvalue weighted by Crippen LogP contribution is 2.25. The molecule has 0 amide bonds. The summed E-state index contributed by atoms with van der Waals surface area (Å²) in [4.78, 5) is 23.0. The van der Waals surface area contributed by atoms with Crippen LogP contribution in [-0.4, -0.2) is 25.0 Å². The van der Waals surface area contributed by atoms with E-state index in [1.54, 1.807) is 24.3 Å². The zero-order chi connectivity index (χ0) is 15.9. The number of ketones is 1. The van der Waals surface area contributed by atoms with Crippen molar-refractivity contribution in [2.24, 2.45) is 11.8 Å². The molecule has 1 aliphatic rings. The third-order valence-corrected chi connectivity index (χ3v) is 3.97. The van der Waals surface area contributed by atoms with Crippen molar-refractivity contribution in [1.29, 1.82) is 0 Å². The second-order valence-corrected chi connectivity index (χ2v) is 5.74. The molecule has 118 valence electrons. The molecule has 0 heterocycles. The molecule has 1 aromatic rings. The highest BCUT2D eigenvalue weighted by atomic mass is 16.6. The van der Waals surface area contributed by atoms with Crippen LogP contribution in [0.5, 0.6) is 5.75 Å². The minimum atomic E-state index is -0.380. The Morgan fingerprint density at radius 2 is 2.00 bits per heavy atom. The number of hydrogen-bond donors (Lipinski definition) is 0. The van der Waals surface area contributed by atoms with E-state index in [-0.39, 0.29) is 18.4 Å². The quantitative estimate of drug-likeness (QED) is 0.459. The van der Waals surface area contributed by atoms with Gasteiger partial charge in [-0.1, -0.05) is 31.2 Å². The van der Waals surface area contributed by atoms with Crippen LogP contribution in [0.4, 0.5) is 0 Å². The van der Waals surface area contributed by atoms with Crippen LogP contribution in [0.3, 0.4) is 0 Å². The number of allylic oxidation sites excluding steroid dienone is 2. The van der Waals surface area contributed by atoms with Crippen molar-refractivity contribution >= 4 is 11.8 Å². The van der Waals surface area contributed by atoms with Gasteiger partial charge >= 0.3 is 5.97 Å². The van der Waals surface area contributed by atoms with Gasteiger partial charge in [0.1, 0.15) is 5.75 Å². The van der Waals surface area contributed by atoms with Crippen LogP contribution in [-0.2, 0) is 9.53 Å². The molecule has 2 unspecified atom stereocenters. The van der Waals surface area contributed by atoms with Crippen molar-refractivity contribution in [2.75, 3.05) is 13.2 Å². The number of carbonyl (C=O) groups excluding carboxylic acids is 2. The summed E-state index contributed by atoms with van der Waals surface area (Å²) in [5, 5.41) is 0. The predicted molar refractivity (Wildman–Crippen MR) is 83.9 cm³/mol. The fraction of sp³-hybridized carbons (Fsp3) is 0.444. The van der Waals surface area contributed by atoms with E-state index in [9.17, 15) is 9.59 Å². The average molecular weight is 302 g/mol. The number of benzene rings is 1. The first-order valence-corrected chi connectivity index (χ1v) is 7.60. The van der Waals surface area contributed by atoms with E-state index >= 15 is 0 Å². The number of Topliss-reactive ketones (excluding diaryl/α,β-unsaturated/α-hetero) is 1. The summed E-state index contributed by atoms with van der Waals surface area (Å²) in [5.74, 6) is 1.00. The topological polar surface area (TPSA) is 52.6 Å². The van der Waals surface area contributed by atoms with Gasteiger partial charge < -0.3 is 9.47 Å². The summed E-state index contributed by atoms with van der Waals surface area (Å²) >= 11 is 0. The highest BCUT2D eigenvalue weighted by Gasteiger charge is 2.20. The van der Waals surface area contributed by atoms with Gasteiger partial charge in [0.25, 0.3) is 0 Å². The average Bonchev–Trinajstić information content (AvgIpc) is 2.52. The molecule has 2 atom stereocenters. The molecular formula is C18H22O4. The smallest absolute Gasteiger partial charge is 0.344 e. The molecule has 1 aliphatic carbocycles. The molecule has 0 fully saturated rings. The highest BCUT2D eigenvalue weighted by molar-refractivity contribution is 5.94. The van der Waals surface area contributed by atoms with Gasteiger partial charge in [-0.25, -0.2) is 4.79 Å². The molecular weight excluding hydrogens is 280 g/mol. The van der Waals surface area contributed by atoms with Gasteiger partial charge in [0.15, 0.2) is 12.4 Å². The summed E-state index contributed by atoms with van der Waals surface area (Å²) < 4.78 is 10.7. The molecule has 0 spiro atoms. The van der Waals surface area contributed by atoms with Crippen LogP contribution < -0.4 is 4.74 Å². The molecule has 4 heteroatoms. The molecule has 0 bridgehead atoms. The van der Waals surface area contributed by atoms with Gasteiger partial charge in [-0.2, -0.15) is 0 Å². The van der Waals surface area contributed by atoms with E-state index in [0.717, 1.165) is 12.8 Å². The van der Waals surface area contributed by atoms with Crippen molar-refractivity contribution < 1.29 is 19.1 Å². The predicted octanol–water partition coefficient (Wildman–Crippen LogP) is 3.41. The lowest BCUT2D eigenvalue weighted by atomic mass is 9.85. The summed E-state index contributed by atoms with van der Waals surface area (Å²) in [6.45, 7) is 3.96. The van der Waals surface area contributed by atoms with Gasteiger partial charge in [0, 0.05) is 5.56 Å². The van der Waals surface area contributed by atoms with E-state index in [4.69, 9.17) is 9.47 Å². The minimum Gasteiger partial charge on any atom is -0.482 e. The molecule has 2 rings (SSSR count). The summed E-state index contributed by atoms with van der Waals surface area (Å²) in [6.07, 6.45) is 6.31. The minimum absolute atomic E-state index is 0.0348. The zero-order valence-corrected chi connectivity index (χ0v) is 13.1. The van der Waals surface area contributed by atoms with Crippen molar-refractivity contribution in [2.45, 2.75) is 26.7 Å². The van der Waals surface area contributed by atoms with Gasteiger partial charge in [0.2, 0.25) is 0 Å². The Balaban J connectivity index is 1.77. The van der Waals surface area contributed by atoms with Crippen molar-refractivity contribution in [3.8, 4) is 5.75 Å². The van der Waals surface area contributed by atoms with Crippen LogP contribution in [0.25, 0.3) is 0 Å². The van der Waals surface area contributed by atoms with Gasteiger partial charge in [-0.05, 0) is 43.7 Å². The van der Waals surface area contributed by atoms with E-state index in [0.29, 0.717) is 29.8 Å². The molecule has 0 saturated carbocycles. The van der Waals surface area contributed by atoms with Crippen LogP contribution in [0, 0.1) is 11.8 Å². The number of hydrogen-bond acceptors (Lipinski definition) is 4. The summed E-state index contributed by atoms with van der Waals surface area (Å²) in [6, 6.07) is 6.79. The molecule has 0 N–H and O–H groups in total. The second kappa shape index (κ2) is 7.78. The van der Waals surface area contributed by atoms with Crippen LogP contribution in [0.1, 0.15) is 37.0 Å². The Kier molecular flexibility index (Phi) is 5.75. The number of carbonyl (C=O) groups is 2. The van der Waals surface area contributed by atoms with Gasteiger partial charge in [-0.3, -0.25) is 4.79 Å². The van der Waals surface area contributed by atoms with Crippen molar-refractivity contribution in [3.05, 3.63) is 42.0 Å². The maximum atomic E-state index is 11.8. The van der Waals surface area contributed by atoms with Crippen LogP contribution in [0.2, 0.25) is 0 Å². The maximum Gasteiger partial charge on any atom is 0.344 e. The second-order valence-electron chi connectivity index (χ2n) is 5.74. The maximum absolute atomic E-state index is 11.8. The SMILES string of the molecule is CC(=O)c1cccc(OCC(=O)OCC2CC=CCC2C)c1. The van der Waals surface area contributed by atoms with Crippen LogP contribution in [0.15, 0.2) is 36.4 Å². The van der Waals surface area contributed by atoms with E-state index in [2.05, 4.69) is 19.1 Å². The molecule has 0 saturated heterocycles. The Labute approximate surface area is 131 Å². The molecule has 0 aromatic heterocycles. The molecule has 4 nitrogen and oxygen atoms in total. The number of ether oxygens (including phenoxy) is 2. The lowest BCUT2D eigenvalue weighted by Gasteiger charge is -2.24. The largest absolute Gasteiger partial charge is 0.482 e. The first kappa shape index (κ1) is 16.3. The molecule has 1 aromatic carbocycles. The normalized spacial score (nSPS) is 20.5. The standard InChI is InChI=1S/C18H22O4/c1-13-6-3-4-7-16(13)11-22-18(20)12-21-17-9-5-8-15(10-17)14(2)19/h3-5,8-10,13,16H,6-7,11-12H2,1-2H3.